The molecule has 1 radical (unpaired) electrons. The van der Waals surface area contributed by atoms with E-state index in [0.717, 1.165) is 40.1 Å². The summed E-state index contributed by atoms with van der Waals surface area (Å²) in [5.41, 5.74) is 10.3. The summed E-state index contributed by atoms with van der Waals surface area (Å²) in [4.78, 5) is 9.43. The van der Waals surface area contributed by atoms with Gasteiger partial charge in [0.25, 0.3) is 0 Å². The average Bonchev–Trinajstić information content (AvgIpc) is 3.47. The maximum atomic E-state index is 13.7. The SMILES string of the molecule is CC(C)c1cc(-c2[c-]cccc2)ncc1[Si](C)(C)C.Cc1cnc(-c2[c-]ccc3c2sc2cc(-c4cccc(F)c4)ccc23)cc1CC(C)(C)C.[Ir]. The van der Waals surface area contributed by atoms with Crippen molar-refractivity contribution in [2.75, 3.05) is 0 Å². The van der Waals surface area contributed by atoms with E-state index in [-0.39, 0.29) is 31.3 Å². The molecule has 0 aliphatic carbocycles. The number of hydrogen-bond donors (Lipinski definition) is 0. The van der Waals surface area contributed by atoms with Gasteiger partial charge in [-0.25, -0.2) is 4.39 Å². The van der Waals surface area contributed by atoms with Crippen LogP contribution in [0.4, 0.5) is 4.39 Å². The van der Waals surface area contributed by atoms with Gasteiger partial charge in [0.1, 0.15) is 5.82 Å². The second-order valence-corrected chi connectivity index (χ2v) is 22.1. The van der Waals surface area contributed by atoms with Crippen LogP contribution in [-0.2, 0) is 26.5 Å². The third kappa shape index (κ3) is 9.04. The summed E-state index contributed by atoms with van der Waals surface area (Å²) in [5.74, 6) is 0.319. The van der Waals surface area contributed by atoms with Gasteiger partial charge in [0.05, 0.1) is 8.07 Å². The van der Waals surface area contributed by atoms with E-state index >= 15 is 0 Å². The Bertz CT molecular complexity index is 2320. The van der Waals surface area contributed by atoms with Crippen molar-refractivity contribution in [2.24, 2.45) is 5.41 Å². The van der Waals surface area contributed by atoms with Gasteiger partial charge in [-0.2, -0.15) is 11.3 Å². The van der Waals surface area contributed by atoms with E-state index in [1.165, 1.54) is 48.1 Å². The van der Waals surface area contributed by atoms with Gasteiger partial charge in [-0.15, -0.1) is 59.7 Å². The molecule has 3 heterocycles. The minimum atomic E-state index is -1.34. The van der Waals surface area contributed by atoms with Crippen LogP contribution in [0.3, 0.4) is 0 Å². The fourth-order valence-corrected chi connectivity index (χ4v) is 9.44. The summed E-state index contributed by atoms with van der Waals surface area (Å²) in [6, 6.07) is 36.5. The van der Waals surface area contributed by atoms with Gasteiger partial charge in [0.2, 0.25) is 0 Å². The summed E-state index contributed by atoms with van der Waals surface area (Å²) >= 11 is 1.75. The van der Waals surface area contributed by atoms with E-state index in [4.69, 9.17) is 4.98 Å². The first kappa shape index (κ1) is 39.4. The largest absolute Gasteiger partial charge is 0.305 e. The predicted molar refractivity (Wildman–Crippen MR) is 220 cm³/mol. The van der Waals surface area contributed by atoms with E-state index in [2.05, 4.69) is 127 Å². The van der Waals surface area contributed by atoms with Crippen molar-refractivity contribution in [1.29, 1.82) is 0 Å². The molecule has 269 valence electrons. The van der Waals surface area contributed by atoms with Gasteiger partial charge in [0.15, 0.2) is 0 Å². The first-order valence-electron chi connectivity index (χ1n) is 17.7. The van der Waals surface area contributed by atoms with E-state index in [1.54, 1.807) is 23.5 Å². The molecule has 6 heteroatoms. The summed E-state index contributed by atoms with van der Waals surface area (Å²) in [5, 5.41) is 3.90. The van der Waals surface area contributed by atoms with Gasteiger partial charge in [-0.3, -0.25) is 0 Å². The molecule has 0 saturated heterocycles. The van der Waals surface area contributed by atoms with Crippen molar-refractivity contribution in [3.63, 3.8) is 0 Å². The Morgan fingerprint density at radius 1 is 0.788 bits per heavy atom. The normalized spacial score (nSPS) is 11.8. The van der Waals surface area contributed by atoms with Crippen LogP contribution in [0.5, 0.6) is 0 Å². The number of fused-ring (bicyclic) bond motifs is 3. The molecule has 0 saturated carbocycles. The second kappa shape index (κ2) is 16.1. The van der Waals surface area contributed by atoms with Gasteiger partial charge < -0.3 is 9.97 Å². The number of benzene rings is 4. The molecule has 0 atom stereocenters. The zero-order valence-electron chi connectivity index (χ0n) is 31.6. The third-order valence-corrected chi connectivity index (χ3v) is 12.4. The molecule has 0 bridgehead atoms. The number of aromatic nitrogens is 2. The number of rotatable bonds is 6. The van der Waals surface area contributed by atoms with Crippen LogP contribution in [0.25, 0.3) is 53.8 Å². The maximum Gasteiger partial charge on any atom is 0.123 e. The number of thiophene rings is 1. The average molecular weight is 899 g/mol. The Hall–Kier alpha value is -3.80. The van der Waals surface area contributed by atoms with Crippen LogP contribution in [0.15, 0.2) is 103 Å². The molecule has 0 spiro atoms. The van der Waals surface area contributed by atoms with E-state index in [0.29, 0.717) is 5.92 Å². The predicted octanol–water partition coefficient (Wildman–Crippen LogP) is 12.8. The van der Waals surface area contributed by atoms with Gasteiger partial charge >= 0.3 is 0 Å². The van der Waals surface area contributed by atoms with Crippen LogP contribution in [0, 0.1) is 30.3 Å². The summed E-state index contributed by atoms with van der Waals surface area (Å²) in [7, 11) is -1.34. The van der Waals surface area contributed by atoms with E-state index < -0.39 is 8.07 Å². The van der Waals surface area contributed by atoms with Crippen molar-refractivity contribution in [2.45, 2.75) is 73.5 Å². The number of halogens is 1. The third-order valence-electron chi connectivity index (χ3n) is 9.13. The number of pyridine rings is 2. The van der Waals surface area contributed by atoms with Crippen LogP contribution in [0.1, 0.15) is 57.2 Å². The Labute approximate surface area is 328 Å². The van der Waals surface area contributed by atoms with Gasteiger partial charge in [-0.1, -0.05) is 107 Å². The zero-order chi connectivity index (χ0) is 36.5. The molecule has 0 fully saturated rings. The maximum absolute atomic E-state index is 13.7. The van der Waals surface area contributed by atoms with Crippen molar-refractivity contribution in [3.8, 4) is 33.6 Å². The quantitative estimate of drug-likeness (QED) is 0.123. The first-order valence-corrected chi connectivity index (χ1v) is 22.1. The van der Waals surface area contributed by atoms with E-state index in [9.17, 15) is 4.39 Å². The Morgan fingerprint density at radius 2 is 1.54 bits per heavy atom. The molecule has 0 aliphatic rings. The second-order valence-electron chi connectivity index (χ2n) is 16.0. The molecule has 7 rings (SSSR count). The summed E-state index contributed by atoms with van der Waals surface area (Å²) in [6.07, 6.45) is 5.09. The minimum Gasteiger partial charge on any atom is -0.305 e. The van der Waals surface area contributed by atoms with Crippen molar-refractivity contribution < 1.29 is 24.5 Å². The Balaban J connectivity index is 0.000000225. The molecule has 52 heavy (non-hydrogen) atoms. The summed E-state index contributed by atoms with van der Waals surface area (Å²) in [6.45, 7) is 20.6. The van der Waals surface area contributed by atoms with Crippen LogP contribution in [0.2, 0.25) is 19.6 Å². The van der Waals surface area contributed by atoms with Crippen LogP contribution >= 0.6 is 11.3 Å². The fourth-order valence-electron chi connectivity index (χ4n) is 6.52. The standard InChI is InChI=1S/C29H25FNS.C17H22NSi.Ir/c1-18-17-31-26(14-21(18)16-29(2,3)4)25-10-6-9-24-23-12-11-20(15-27(23)32-28(24)25)19-7-5-8-22(30)13-19;1-13(2)15-11-16(14-9-7-6-8-10-14)18-12-17(15)19(3,4)5;/h5-9,11-15,17H,16H2,1-4H3;6-9,11-13H,1-5H3;/q2*-1;. The van der Waals surface area contributed by atoms with Gasteiger partial charge in [0, 0.05) is 37.2 Å². The van der Waals surface area contributed by atoms with Gasteiger partial charge in [-0.05, 0) is 86.2 Å². The molecule has 3 aromatic heterocycles. The fraction of sp³-hybridized carbons (Fsp3) is 0.261. The number of aryl methyl sites for hydroxylation is 1. The molecule has 0 aliphatic heterocycles. The number of nitrogens with zero attached hydrogens (tertiary/aromatic N) is 2. The smallest absolute Gasteiger partial charge is 0.123 e. The number of hydrogen-bond acceptors (Lipinski definition) is 3. The topological polar surface area (TPSA) is 25.8 Å². The van der Waals surface area contributed by atoms with E-state index in [1.807, 2.05) is 36.5 Å². The van der Waals surface area contributed by atoms with Crippen molar-refractivity contribution in [1.82, 2.24) is 9.97 Å². The molecular weight excluding hydrogens is 852 g/mol. The molecule has 7 aromatic rings. The molecule has 0 unspecified atom stereocenters. The Morgan fingerprint density at radius 3 is 2.21 bits per heavy atom. The van der Waals surface area contributed by atoms with Crippen LogP contribution < -0.4 is 5.19 Å². The van der Waals surface area contributed by atoms with Crippen LogP contribution in [-0.4, -0.2) is 18.0 Å². The summed E-state index contributed by atoms with van der Waals surface area (Å²) < 4.78 is 16.1. The molecule has 2 nitrogen and oxygen atoms in total. The zero-order valence-corrected chi connectivity index (χ0v) is 35.8. The first-order chi connectivity index (χ1) is 24.2. The monoisotopic (exact) mass is 899 g/mol. The minimum absolute atomic E-state index is 0. The molecule has 0 N–H and O–H groups in total. The molecule has 0 amide bonds. The van der Waals surface area contributed by atoms with Crippen molar-refractivity contribution >= 4 is 44.8 Å². The molecule has 4 aromatic carbocycles. The molecular formula is C46H47FIrN2SSi-2. The van der Waals surface area contributed by atoms with Crippen molar-refractivity contribution in [3.05, 3.63) is 138 Å². The Kier molecular flexibility index (Phi) is 12.2.